The molecular formula is C11H17N3O. The van der Waals surface area contributed by atoms with E-state index in [0.29, 0.717) is 18.8 Å². The second-order valence-corrected chi connectivity index (χ2v) is 4.23. The van der Waals surface area contributed by atoms with Gasteiger partial charge in [0, 0.05) is 19.2 Å². The van der Waals surface area contributed by atoms with Gasteiger partial charge in [0.1, 0.15) is 5.82 Å². The number of nitrogen functional groups attached to an aromatic ring is 1. The van der Waals surface area contributed by atoms with Gasteiger partial charge in [-0.15, -0.1) is 0 Å². The Morgan fingerprint density at radius 2 is 2.47 bits per heavy atom. The highest BCUT2D eigenvalue weighted by Crippen LogP contribution is 2.23. The van der Waals surface area contributed by atoms with Crippen molar-refractivity contribution >= 4 is 5.82 Å². The minimum atomic E-state index is -0.657. The summed E-state index contributed by atoms with van der Waals surface area (Å²) < 4.78 is 0. The molecule has 1 unspecified atom stereocenters. The zero-order valence-electron chi connectivity index (χ0n) is 8.74. The topological polar surface area (TPSA) is 71.2 Å². The highest BCUT2D eigenvalue weighted by Gasteiger charge is 2.29. The number of pyridine rings is 1. The van der Waals surface area contributed by atoms with Gasteiger partial charge in [-0.3, -0.25) is 0 Å². The quantitative estimate of drug-likeness (QED) is 0.653. The summed E-state index contributed by atoms with van der Waals surface area (Å²) >= 11 is 0. The van der Waals surface area contributed by atoms with Crippen LogP contribution in [0, 0.1) is 0 Å². The van der Waals surface area contributed by atoms with Gasteiger partial charge >= 0.3 is 0 Å². The van der Waals surface area contributed by atoms with Crippen molar-refractivity contribution < 1.29 is 5.11 Å². The lowest BCUT2D eigenvalue weighted by atomic mass is 9.88. The molecule has 15 heavy (non-hydrogen) atoms. The average Bonchev–Trinajstić information content (AvgIpc) is 2.22. The monoisotopic (exact) mass is 207 g/mol. The third-order valence-electron chi connectivity index (χ3n) is 2.90. The molecule has 0 saturated carbocycles. The van der Waals surface area contributed by atoms with Gasteiger partial charge in [-0.1, -0.05) is 6.07 Å². The maximum Gasteiger partial charge on any atom is 0.126 e. The van der Waals surface area contributed by atoms with E-state index in [1.165, 1.54) is 0 Å². The summed E-state index contributed by atoms with van der Waals surface area (Å²) in [4.78, 5) is 4.02. The van der Waals surface area contributed by atoms with Gasteiger partial charge in [0.25, 0.3) is 0 Å². The first-order valence-electron chi connectivity index (χ1n) is 5.32. The van der Waals surface area contributed by atoms with Gasteiger partial charge in [0.05, 0.1) is 5.60 Å². The maximum atomic E-state index is 10.3. The van der Waals surface area contributed by atoms with Gasteiger partial charge < -0.3 is 16.2 Å². The fraction of sp³-hybridized carbons (Fsp3) is 0.545. The number of hydrogen-bond acceptors (Lipinski definition) is 4. The molecule has 1 atom stereocenters. The molecule has 1 aromatic heterocycles. The minimum absolute atomic E-state index is 0.525. The number of piperidine rings is 1. The van der Waals surface area contributed by atoms with Gasteiger partial charge in [-0.05, 0) is 31.0 Å². The van der Waals surface area contributed by atoms with Crippen molar-refractivity contribution in [3.8, 4) is 0 Å². The van der Waals surface area contributed by atoms with E-state index in [2.05, 4.69) is 10.3 Å². The summed E-state index contributed by atoms with van der Waals surface area (Å²) in [5, 5.41) is 13.5. The molecule has 0 aliphatic carbocycles. The number of anilines is 1. The smallest absolute Gasteiger partial charge is 0.126 e. The lowest BCUT2D eigenvalue weighted by Gasteiger charge is -2.32. The first kappa shape index (κ1) is 10.4. The van der Waals surface area contributed by atoms with Crippen LogP contribution >= 0.6 is 0 Å². The standard InChI is InChI=1S/C11H17N3O/c12-10-9(3-1-6-14-10)7-11(15)4-2-5-13-8-11/h1,3,6,13,15H,2,4-5,7-8H2,(H2,12,14). The Kier molecular flexibility index (Phi) is 2.88. The molecule has 1 aliphatic heterocycles. The second kappa shape index (κ2) is 4.16. The Balaban J connectivity index is 2.10. The molecule has 0 amide bonds. The summed E-state index contributed by atoms with van der Waals surface area (Å²) in [6.07, 6.45) is 4.09. The van der Waals surface area contributed by atoms with E-state index in [9.17, 15) is 5.11 Å². The first-order valence-corrected chi connectivity index (χ1v) is 5.32. The molecule has 0 aromatic carbocycles. The summed E-state index contributed by atoms with van der Waals surface area (Å²) in [6, 6.07) is 3.78. The number of nitrogens with zero attached hydrogens (tertiary/aromatic N) is 1. The third kappa shape index (κ3) is 2.46. The summed E-state index contributed by atoms with van der Waals surface area (Å²) in [5.74, 6) is 0.525. The molecule has 2 heterocycles. The first-order chi connectivity index (χ1) is 7.20. The largest absolute Gasteiger partial charge is 0.388 e. The summed E-state index contributed by atoms with van der Waals surface area (Å²) in [7, 11) is 0. The van der Waals surface area contributed by atoms with Crippen molar-refractivity contribution in [2.45, 2.75) is 24.9 Å². The van der Waals surface area contributed by atoms with E-state index < -0.39 is 5.60 Å². The molecule has 82 valence electrons. The highest BCUT2D eigenvalue weighted by atomic mass is 16.3. The van der Waals surface area contributed by atoms with Crippen LogP contribution in [0.4, 0.5) is 5.82 Å². The molecule has 0 radical (unpaired) electrons. The van der Waals surface area contributed by atoms with E-state index in [1.807, 2.05) is 12.1 Å². The molecule has 4 heteroatoms. The van der Waals surface area contributed by atoms with Gasteiger partial charge in [0.15, 0.2) is 0 Å². The van der Waals surface area contributed by atoms with Crippen LogP contribution in [-0.4, -0.2) is 28.8 Å². The van der Waals surface area contributed by atoms with Crippen LogP contribution in [0.25, 0.3) is 0 Å². The van der Waals surface area contributed by atoms with Crippen LogP contribution in [0.15, 0.2) is 18.3 Å². The van der Waals surface area contributed by atoms with Gasteiger partial charge in [0.2, 0.25) is 0 Å². The molecule has 2 rings (SSSR count). The third-order valence-corrected chi connectivity index (χ3v) is 2.90. The number of nitrogens with one attached hydrogen (secondary N) is 1. The number of β-amino-alcohol motifs (C(OH)–C–C–N with tert-alkyl or cyclic N) is 1. The van der Waals surface area contributed by atoms with Crippen LogP contribution in [0.2, 0.25) is 0 Å². The predicted octanol–water partition coefficient (Wildman–Crippen LogP) is 0.321. The average molecular weight is 207 g/mol. The Morgan fingerprint density at radius 1 is 1.60 bits per heavy atom. The van der Waals surface area contributed by atoms with Crippen molar-refractivity contribution in [2.75, 3.05) is 18.8 Å². The lowest BCUT2D eigenvalue weighted by Crippen LogP contribution is -2.47. The molecule has 1 aliphatic rings. The van der Waals surface area contributed by atoms with Crippen molar-refractivity contribution in [1.82, 2.24) is 10.3 Å². The van der Waals surface area contributed by atoms with Crippen molar-refractivity contribution in [2.24, 2.45) is 0 Å². The minimum Gasteiger partial charge on any atom is -0.388 e. The number of hydrogen-bond donors (Lipinski definition) is 3. The summed E-state index contributed by atoms with van der Waals surface area (Å²) in [6.45, 7) is 1.63. The summed E-state index contributed by atoms with van der Waals surface area (Å²) in [5.41, 5.74) is 6.03. The predicted molar refractivity (Wildman–Crippen MR) is 59.4 cm³/mol. The van der Waals surface area contributed by atoms with E-state index in [1.54, 1.807) is 6.20 Å². The van der Waals surface area contributed by atoms with Crippen molar-refractivity contribution in [1.29, 1.82) is 0 Å². The maximum absolute atomic E-state index is 10.3. The molecular weight excluding hydrogens is 190 g/mol. The number of rotatable bonds is 2. The Morgan fingerprint density at radius 3 is 3.13 bits per heavy atom. The molecule has 1 saturated heterocycles. The van der Waals surface area contributed by atoms with Crippen LogP contribution in [0.1, 0.15) is 18.4 Å². The van der Waals surface area contributed by atoms with Crippen LogP contribution < -0.4 is 11.1 Å². The van der Waals surface area contributed by atoms with Crippen molar-refractivity contribution in [3.63, 3.8) is 0 Å². The molecule has 1 aromatic rings. The molecule has 0 spiro atoms. The Labute approximate surface area is 89.5 Å². The molecule has 1 fully saturated rings. The van der Waals surface area contributed by atoms with Crippen molar-refractivity contribution in [3.05, 3.63) is 23.9 Å². The van der Waals surface area contributed by atoms with E-state index >= 15 is 0 Å². The zero-order valence-corrected chi connectivity index (χ0v) is 8.74. The number of aliphatic hydroxyl groups is 1. The number of aromatic nitrogens is 1. The molecule has 0 bridgehead atoms. The molecule has 4 N–H and O–H groups in total. The van der Waals surface area contributed by atoms with Gasteiger partial charge in [-0.25, -0.2) is 4.98 Å². The van der Waals surface area contributed by atoms with E-state index in [0.717, 1.165) is 24.9 Å². The van der Waals surface area contributed by atoms with Crippen LogP contribution in [0.3, 0.4) is 0 Å². The normalized spacial score (nSPS) is 26.5. The van der Waals surface area contributed by atoms with Gasteiger partial charge in [-0.2, -0.15) is 0 Å². The van der Waals surface area contributed by atoms with Crippen LogP contribution in [-0.2, 0) is 6.42 Å². The number of nitrogens with two attached hydrogens (primary N) is 1. The van der Waals surface area contributed by atoms with Crippen LogP contribution in [0.5, 0.6) is 0 Å². The SMILES string of the molecule is Nc1ncccc1CC1(O)CCCNC1. The molecule has 4 nitrogen and oxygen atoms in total. The fourth-order valence-electron chi connectivity index (χ4n) is 2.06. The van der Waals surface area contributed by atoms with E-state index in [-0.39, 0.29) is 0 Å². The second-order valence-electron chi connectivity index (χ2n) is 4.23. The van der Waals surface area contributed by atoms with E-state index in [4.69, 9.17) is 5.73 Å². The Hall–Kier alpha value is -1.13. The lowest BCUT2D eigenvalue weighted by molar-refractivity contribution is 0.0170. The zero-order chi connectivity index (χ0) is 10.7. The fourth-order valence-corrected chi connectivity index (χ4v) is 2.06. The highest BCUT2D eigenvalue weighted by molar-refractivity contribution is 5.39. The Bertz CT molecular complexity index is 334.